The summed E-state index contributed by atoms with van der Waals surface area (Å²) in [6.45, 7) is 10.7. The molecule has 4 aromatic rings. The number of rotatable bonds is 4. The van der Waals surface area contributed by atoms with E-state index in [9.17, 15) is 4.79 Å². The Labute approximate surface area is 167 Å². The van der Waals surface area contributed by atoms with Crippen LogP contribution in [-0.2, 0) is 6.54 Å². The summed E-state index contributed by atoms with van der Waals surface area (Å²) in [6, 6.07) is 7.85. The lowest BCUT2D eigenvalue weighted by Crippen LogP contribution is -2.16. The third kappa shape index (κ3) is 3.20. The predicted molar refractivity (Wildman–Crippen MR) is 112 cm³/mol. The van der Waals surface area contributed by atoms with Gasteiger partial charge in [-0.2, -0.15) is 14.9 Å². The number of hydrogen-bond donors (Lipinski definition) is 1. The van der Waals surface area contributed by atoms with Gasteiger partial charge in [0.1, 0.15) is 5.82 Å². The molecule has 28 heavy (non-hydrogen) atoms. The molecule has 0 fully saturated rings. The maximum atomic E-state index is 12.7. The molecule has 1 amide bonds. The van der Waals surface area contributed by atoms with E-state index >= 15 is 0 Å². The highest BCUT2D eigenvalue weighted by Gasteiger charge is 2.18. The average molecular weight is 395 g/mol. The molecular weight excluding hydrogens is 372 g/mol. The van der Waals surface area contributed by atoms with Gasteiger partial charge in [-0.1, -0.05) is 11.3 Å². The van der Waals surface area contributed by atoms with Crippen LogP contribution in [0, 0.1) is 27.7 Å². The first kappa shape index (κ1) is 18.4. The third-order valence-corrected chi connectivity index (χ3v) is 5.75. The number of benzene rings is 1. The zero-order valence-corrected chi connectivity index (χ0v) is 17.4. The van der Waals surface area contributed by atoms with Crippen molar-refractivity contribution >= 4 is 33.3 Å². The number of nitrogens with one attached hydrogen (secondary N) is 1. The number of nitrogens with zero attached hydrogens (tertiary/aromatic N) is 5. The zero-order chi connectivity index (χ0) is 20.0. The molecule has 0 aliphatic rings. The summed E-state index contributed by atoms with van der Waals surface area (Å²) < 4.78 is 4.59. The minimum atomic E-state index is -0.260. The van der Waals surface area contributed by atoms with Crippen molar-refractivity contribution in [1.29, 1.82) is 0 Å². The van der Waals surface area contributed by atoms with Crippen molar-refractivity contribution in [2.24, 2.45) is 0 Å². The van der Waals surface area contributed by atoms with Gasteiger partial charge in [-0.15, -0.1) is 0 Å². The summed E-state index contributed by atoms with van der Waals surface area (Å²) in [4.78, 5) is 17.4. The Morgan fingerprint density at radius 2 is 1.82 bits per heavy atom. The molecule has 1 aromatic carbocycles. The maximum Gasteiger partial charge on any atom is 0.277 e. The van der Waals surface area contributed by atoms with Gasteiger partial charge in [0.15, 0.2) is 5.69 Å². The van der Waals surface area contributed by atoms with Gasteiger partial charge in [0.25, 0.3) is 5.91 Å². The Kier molecular flexibility index (Phi) is 4.50. The van der Waals surface area contributed by atoms with Crippen molar-refractivity contribution in [2.45, 2.75) is 41.2 Å². The van der Waals surface area contributed by atoms with E-state index in [1.54, 1.807) is 26.8 Å². The standard InChI is InChI=1S/C20H22N6OS/c1-6-25-14(5)10-16(24-25)19(27)22-18-9-13(4)23-26(18)20-21-15-7-11(2)12(3)8-17(15)28-20/h7-10H,6H2,1-5H3,(H,22,27). The smallest absolute Gasteiger partial charge is 0.277 e. The second-order valence-electron chi connectivity index (χ2n) is 6.92. The number of anilines is 1. The van der Waals surface area contributed by atoms with Gasteiger partial charge >= 0.3 is 0 Å². The van der Waals surface area contributed by atoms with Gasteiger partial charge in [0.2, 0.25) is 5.13 Å². The fourth-order valence-corrected chi connectivity index (χ4v) is 4.13. The molecule has 0 radical (unpaired) electrons. The molecule has 1 N–H and O–H groups in total. The van der Waals surface area contributed by atoms with Gasteiger partial charge in [-0.05, 0) is 63.9 Å². The summed E-state index contributed by atoms with van der Waals surface area (Å²) in [5, 5.41) is 12.5. The third-order valence-electron chi connectivity index (χ3n) is 4.76. The van der Waals surface area contributed by atoms with Crippen LogP contribution in [0.5, 0.6) is 0 Å². The van der Waals surface area contributed by atoms with Crippen LogP contribution >= 0.6 is 11.3 Å². The lowest BCUT2D eigenvalue weighted by Gasteiger charge is -2.04. The Hall–Kier alpha value is -3.00. The monoisotopic (exact) mass is 394 g/mol. The van der Waals surface area contributed by atoms with E-state index in [1.807, 2.05) is 26.8 Å². The molecule has 0 aliphatic carbocycles. The van der Waals surface area contributed by atoms with Crippen LogP contribution in [0.2, 0.25) is 0 Å². The molecule has 0 bridgehead atoms. The molecule has 0 unspecified atom stereocenters. The normalized spacial score (nSPS) is 11.3. The highest BCUT2D eigenvalue weighted by Crippen LogP contribution is 2.29. The lowest BCUT2D eigenvalue weighted by molar-refractivity contribution is 0.102. The molecule has 7 nitrogen and oxygen atoms in total. The maximum absolute atomic E-state index is 12.7. The van der Waals surface area contributed by atoms with Gasteiger partial charge in [-0.25, -0.2) is 4.98 Å². The van der Waals surface area contributed by atoms with E-state index in [4.69, 9.17) is 4.98 Å². The van der Waals surface area contributed by atoms with Crippen LogP contribution in [0.15, 0.2) is 24.3 Å². The van der Waals surface area contributed by atoms with Gasteiger partial charge in [0.05, 0.1) is 15.9 Å². The van der Waals surface area contributed by atoms with Crippen LogP contribution < -0.4 is 5.32 Å². The number of carbonyl (C=O) groups is 1. The first-order valence-corrected chi connectivity index (χ1v) is 9.98. The van der Waals surface area contributed by atoms with Crippen molar-refractivity contribution < 1.29 is 4.79 Å². The summed E-state index contributed by atoms with van der Waals surface area (Å²) in [5.41, 5.74) is 5.52. The minimum Gasteiger partial charge on any atom is -0.305 e. The summed E-state index contributed by atoms with van der Waals surface area (Å²) in [7, 11) is 0. The van der Waals surface area contributed by atoms with Crippen LogP contribution in [0.25, 0.3) is 15.3 Å². The number of fused-ring (bicyclic) bond motifs is 1. The van der Waals surface area contributed by atoms with Crippen molar-refractivity contribution in [3.05, 3.63) is 52.5 Å². The molecule has 8 heteroatoms. The van der Waals surface area contributed by atoms with Crippen molar-refractivity contribution in [1.82, 2.24) is 24.5 Å². The number of aromatic nitrogens is 5. The van der Waals surface area contributed by atoms with Crippen LogP contribution in [0.3, 0.4) is 0 Å². The predicted octanol–water partition coefficient (Wildman–Crippen LogP) is 4.18. The second kappa shape index (κ2) is 6.87. The fraction of sp³-hybridized carbons (Fsp3) is 0.300. The van der Waals surface area contributed by atoms with E-state index in [-0.39, 0.29) is 5.91 Å². The Morgan fingerprint density at radius 1 is 1.07 bits per heavy atom. The van der Waals surface area contributed by atoms with E-state index in [0.717, 1.165) is 33.3 Å². The summed E-state index contributed by atoms with van der Waals surface area (Å²) in [5.74, 6) is 0.322. The number of amides is 1. The average Bonchev–Trinajstić information content (AvgIpc) is 3.32. The van der Waals surface area contributed by atoms with Gasteiger partial charge < -0.3 is 5.32 Å². The van der Waals surface area contributed by atoms with Gasteiger partial charge in [-0.3, -0.25) is 9.48 Å². The second-order valence-corrected chi connectivity index (χ2v) is 7.93. The number of aryl methyl sites for hydroxylation is 5. The van der Waals surface area contributed by atoms with Crippen LogP contribution in [-0.4, -0.2) is 30.5 Å². The first-order chi connectivity index (χ1) is 13.4. The Balaban J connectivity index is 1.69. The molecule has 0 aliphatic heterocycles. The number of hydrogen-bond acceptors (Lipinski definition) is 5. The van der Waals surface area contributed by atoms with Crippen molar-refractivity contribution in [3.63, 3.8) is 0 Å². The first-order valence-electron chi connectivity index (χ1n) is 9.16. The van der Waals surface area contributed by atoms with E-state index < -0.39 is 0 Å². The minimum absolute atomic E-state index is 0.260. The van der Waals surface area contributed by atoms with Crippen LogP contribution in [0.1, 0.15) is 39.9 Å². The van der Waals surface area contributed by atoms with Crippen molar-refractivity contribution in [2.75, 3.05) is 5.32 Å². The van der Waals surface area contributed by atoms with Gasteiger partial charge in [0, 0.05) is 18.3 Å². The topological polar surface area (TPSA) is 77.6 Å². The quantitative estimate of drug-likeness (QED) is 0.563. The SMILES string of the molecule is CCn1nc(C(=O)Nc2cc(C)nn2-c2nc3cc(C)c(C)cc3s2)cc1C. The molecule has 0 atom stereocenters. The molecule has 0 spiro atoms. The molecule has 4 rings (SSSR count). The largest absolute Gasteiger partial charge is 0.305 e. The zero-order valence-electron chi connectivity index (χ0n) is 16.6. The molecule has 0 saturated carbocycles. The summed E-state index contributed by atoms with van der Waals surface area (Å²) in [6.07, 6.45) is 0. The molecule has 144 valence electrons. The lowest BCUT2D eigenvalue weighted by atomic mass is 10.1. The van der Waals surface area contributed by atoms with E-state index in [1.165, 1.54) is 11.1 Å². The highest BCUT2D eigenvalue weighted by molar-refractivity contribution is 7.20. The highest BCUT2D eigenvalue weighted by atomic mass is 32.1. The number of thiazole rings is 1. The molecular formula is C20H22N6OS. The van der Waals surface area contributed by atoms with Crippen molar-refractivity contribution in [3.8, 4) is 5.13 Å². The summed E-state index contributed by atoms with van der Waals surface area (Å²) >= 11 is 1.55. The fourth-order valence-electron chi connectivity index (χ4n) is 3.11. The molecule has 3 heterocycles. The Bertz CT molecular complexity index is 1160. The molecule has 3 aromatic heterocycles. The number of carbonyl (C=O) groups excluding carboxylic acids is 1. The van der Waals surface area contributed by atoms with Crippen LogP contribution in [0.4, 0.5) is 5.82 Å². The molecule has 0 saturated heterocycles. The van der Waals surface area contributed by atoms with E-state index in [2.05, 4.69) is 41.5 Å². The van der Waals surface area contributed by atoms with E-state index in [0.29, 0.717) is 11.5 Å². The Morgan fingerprint density at radius 3 is 2.54 bits per heavy atom.